The van der Waals surface area contributed by atoms with E-state index in [0.717, 1.165) is 32.5 Å². The lowest BCUT2D eigenvalue weighted by atomic mass is 9.96. The molecule has 2 aromatic carbocycles. The third kappa shape index (κ3) is 6.04. The zero-order valence-corrected chi connectivity index (χ0v) is 16.0. The van der Waals surface area contributed by atoms with Gasteiger partial charge in [-0.25, -0.2) is 9.18 Å². The summed E-state index contributed by atoms with van der Waals surface area (Å²) in [6.45, 7) is 3.60. The van der Waals surface area contributed by atoms with E-state index in [0.29, 0.717) is 12.5 Å². The summed E-state index contributed by atoms with van der Waals surface area (Å²) in [6.07, 6.45) is 1.03. The first kappa shape index (κ1) is 20.3. The van der Waals surface area contributed by atoms with Crippen LogP contribution in [0, 0.1) is 11.7 Å². The van der Waals surface area contributed by atoms with Crippen molar-refractivity contribution < 1.29 is 14.3 Å². The van der Waals surface area contributed by atoms with Gasteiger partial charge in [-0.05, 0) is 43.5 Å². The lowest BCUT2D eigenvalue weighted by Crippen LogP contribution is -2.42. The molecular weight excluding hydrogens is 357 g/mol. The summed E-state index contributed by atoms with van der Waals surface area (Å²) < 4.78 is 13.6. The van der Waals surface area contributed by atoms with E-state index in [9.17, 15) is 14.3 Å². The number of urea groups is 1. The van der Waals surface area contributed by atoms with Gasteiger partial charge in [0, 0.05) is 25.2 Å². The summed E-state index contributed by atoms with van der Waals surface area (Å²) in [5, 5.41) is 15.5. The van der Waals surface area contributed by atoms with Crippen molar-refractivity contribution in [3.63, 3.8) is 0 Å². The van der Waals surface area contributed by atoms with Crippen LogP contribution in [0.3, 0.4) is 0 Å². The fourth-order valence-electron chi connectivity index (χ4n) is 3.53. The van der Waals surface area contributed by atoms with Crippen LogP contribution in [0.5, 0.6) is 0 Å². The van der Waals surface area contributed by atoms with Crippen LogP contribution in [-0.4, -0.2) is 42.2 Å². The normalized spacial score (nSPS) is 16.5. The SMILES string of the molecule is O=C(NCC1CCN(Cc2ccccc2)CC1)NCC(O)c1ccccc1F. The number of likely N-dealkylation sites (tertiary alicyclic amines) is 1. The van der Waals surface area contributed by atoms with Gasteiger partial charge in [0.2, 0.25) is 0 Å². The Morgan fingerprint density at radius 1 is 1.07 bits per heavy atom. The van der Waals surface area contributed by atoms with Crippen molar-refractivity contribution in [2.45, 2.75) is 25.5 Å². The number of carbonyl (C=O) groups excluding carboxylic acids is 1. The number of carbonyl (C=O) groups is 1. The number of nitrogens with one attached hydrogen (secondary N) is 2. The number of aliphatic hydroxyl groups is 1. The maximum Gasteiger partial charge on any atom is 0.314 e. The molecule has 2 aromatic rings. The van der Waals surface area contributed by atoms with Gasteiger partial charge >= 0.3 is 6.03 Å². The van der Waals surface area contributed by atoms with Gasteiger partial charge < -0.3 is 15.7 Å². The van der Waals surface area contributed by atoms with E-state index in [1.807, 2.05) is 6.07 Å². The standard InChI is InChI=1S/C22H28FN3O2/c23-20-9-5-4-8-19(20)21(27)15-25-22(28)24-14-17-10-12-26(13-11-17)16-18-6-2-1-3-7-18/h1-9,17,21,27H,10-16H2,(H2,24,25,28). The summed E-state index contributed by atoms with van der Waals surface area (Å²) in [6, 6.07) is 16.2. The number of nitrogens with zero attached hydrogens (tertiary/aromatic N) is 1. The Morgan fingerprint density at radius 3 is 2.46 bits per heavy atom. The fraction of sp³-hybridized carbons (Fsp3) is 0.409. The maximum absolute atomic E-state index is 13.6. The van der Waals surface area contributed by atoms with E-state index in [2.05, 4.69) is 39.8 Å². The van der Waals surface area contributed by atoms with Gasteiger partial charge in [-0.3, -0.25) is 4.90 Å². The number of piperidine rings is 1. The number of rotatable bonds is 7. The number of benzene rings is 2. The van der Waals surface area contributed by atoms with Crippen LogP contribution in [0.1, 0.15) is 30.1 Å². The average Bonchev–Trinajstić information content (AvgIpc) is 2.72. The van der Waals surface area contributed by atoms with Crippen molar-refractivity contribution in [1.29, 1.82) is 0 Å². The molecule has 150 valence electrons. The third-order valence-corrected chi connectivity index (χ3v) is 5.23. The molecule has 1 heterocycles. The molecule has 1 unspecified atom stereocenters. The lowest BCUT2D eigenvalue weighted by molar-refractivity contribution is 0.165. The molecular formula is C22H28FN3O2. The van der Waals surface area contributed by atoms with Crippen LogP contribution < -0.4 is 10.6 Å². The number of hydrogen-bond acceptors (Lipinski definition) is 3. The zero-order chi connectivity index (χ0) is 19.8. The minimum Gasteiger partial charge on any atom is -0.386 e. The maximum atomic E-state index is 13.6. The molecule has 1 aliphatic rings. The van der Waals surface area contributed by atoms with Gasteiger partial charge in [-0.1, -0.05) is 48.5 Å². The summed E-state index contributed by atoms with van der Waals surface area (Å²) >= 11 is 0. The summed E-state index contributed by atoms with van der Waals surface area (Å²) in [7, 11) is 0. The van der Waals surface area contributed by atoms with E-state index in [1.165, 1.54) is 17.7 Å². The molecule has 1 atom stereocenters. The first-order valence-corrected chi connectivity index (χ1v) is 9.82. The van der Waals surface area contributed by atoms with Crippen LogP contribution in [0.4, 0.5) is 9.18 Å². The first-order chi connectivity index (χ1) is 13.6. The Morgan fingerprint density at radius 2 is 1.75 bits per heavy atom. The Kier molecular flexibility index (Phi) is 7.39. The topological polar surface area (TPSA) is 64.6 Å². The molecule has 3 N–H and O–H groups in total. The van der Waals surface area contributed by atoms with Gasteiger partial charge in [0.25, 0.3) is 0 Å². The van der Waals surface area contributed by atoms with Crippen molar-refractivity contribution in [2.24, 2.45) is 5.92 Å². The largest absolute Gasteiger partial charge is 0.386 e. The second-order valence-corrected chi connectivity index (χ2v) is 7.33. The number of amides is 2. The Bertz CT molecular complexity index is 748. The quantitative estimate of drug-likeness (QED) is 0.686. The predicted octanol–water partition coefficient (Wildman–Crippen LogP) is 3.07. The molecule has 0 aromatic heterocycles. The van der Waals surface area contributed by atoms with Crippen LogP contribution in [0.25, 0.3) is 0 Å². The van der Waals surface area contributed by atoms with E-state index in [1.54, 1.807) is 12.1 Å². The van der Waals surface area contributed by atoms with Crippen LogP contribution in [0.2, 0.25) is 0 Å². The third-order valence-electron chi connectivity index (χ3n) is 5.23. The highest BCUT2D eigenvalue weighted by atomic mass is 19.1. The lowest BCUT2D eigenvalue weighted by Gasteiger charge is -2.32. The average molecular weight is 385 g/mol. The predicted molar refractivity (Wildman–Crippen MR) is 107 cm³/mol. The monoisotopic (exact) mass is 385 g/mol. The highest BCUT2D eigenvalue weighted by Gasteiger charge is 2.20. The first-order valence-electron chi connectivity index (χ1n) is 9.82. The van der Waals surface area contributed by atoms with Gasteiger partial charge in [-0.15, -0.1) is 0 Å². The fourth-order valence-corrected chi connectivity index (χ4v) is 3.53. The number of halogens is 1. The highest BCUT2D eigenvalue weighted by molar-refractivity contribution is 5.73. The molecule has 0 radical (unpaired) electrons. The smallest absolute Gasteiger partial charge is 0.314 e. The number of hydrogen-bond donors (Lipinski definition) is 3. The molecule has 0 aliphatic carbocycles. The molecule has 28 heavy (non-hydrogen) atoms. The minimum atomic E-state index is -1.06. The molecule has 6 heteroatoms. The van der Waals surface area contributed by atoms with E-state index in [-0.39, 0.29) is 18.1 Å². The number of aliphatic hydroxyl groups excluding tert-OH is 1. The van der Waals surface area contributed by atoms with E-state index in [4.69, 9.17) is 0 Å². The molecule has 1 fully saturated rings. The Hall–Kier alpha value is -2.44. The molecule has 2 amide bonds. The van der Waals surface area contributed by atoms with Gasteiger partial charge in [0.05, 0.1) is 6.10 Å². The van der Waals surface area contributed by atoms with Gasteiger partial charge in [-0.2, -0.15) is 0 Å². The summed E-state index contributed by atoms with van der Waals surface area (Å²) in [5.74, 6) is -0.0197. The van der Waals surface area contributed by atoms with Crippen molar-refractivity contribution in [1.82, 2.24) is 15.5 Å². The van der Waals surface area contributed by atoms with Crippen molar-refractivity contribution in [3.8, 4) is 0 Å². The van der Waals surface area contributed by atoms with Crippen molar-refractivity contribution in [3.05, 3.63) is 71.5 Å². The summed E-state index contributed by atoms with van der Waals surface area (Å²) in [4.78, 5) is 14.4. The molecule has 0 spiro atoms. The molecule has 1 aliphatic heterocycles. The van der Waals surface area contributed by atoms with Crippen LogP contribution in [0.15, 0.2) is 54.6 Å². The van der Waals surface area contributed by atoms with Crippen LogP contribution >= 0.6 is 0 Å². The molecule has 0 saturated carbocycles. The molecule has 0 bridgehead atoms. The Balaban J connectivity index is 1.33. The van der Waals surface area contributed by atoms with Crippen molar-refractivity contribution in [2.75, 3.05) is 26.2 Å². The minimum absolute atomic E-state index is 0.0255. The second kappa shape index (κ2) is 10.2. The van der Waals surface area contributed by atoms with Gasteiger partial charge in [0.1, 0.15) is 5.82 Å². The molecule has 3 rings (SSSR count). The summed E-state index contributed by atoms with van der Waals surface area (Å²) in [5.41, 5.74) is 1.51. The van der Waals surface area contributed by atoms with E-state index < -0.39 is 11.9 Å². The molecule has 5 nitrogen and oxygen atoms in total. The van der Waals surface area contributed by atoms with Gasteiger partial charge in [0.15, 0.2) is 0 Å². The Labute approximate surface area is 165 Å². The van der Waals surface area contributed by atoms with Crippen LogP contribution in [-0.2, 0) is 6.54 Å². The van der Waals surface area contributed by atoms with Crippen molar-refractivity contribution >= 4 is 6.03 Å². The highest BCUT2D eigenvalue weighted by Crippen LogP contribution is 2.18. The second-order valence-electron chi connectivity index (χ2n) is 7.33. The molecule has 1 saturated heterocycles. The zero-order valence-electron chi connectivity index (χ0n) is 16.0. The van der Waals surface area contributed by atoms with E-state index >= 15 is 0 Å².